The van der Waals surface area contributed by atoms with Crippen LogP contribution in [0.25, 0.3) is 11.6 Å². The van der Waals surface area contributed by atoms with Crippen molar-refractivity contribution >= 4 is 5.96 Å². The van der Waals surface area contributed by atoms with Gasteiger partial charge in [0.05, 0.1) is 12.4 Å². The Morgan fingerprint density at radius 3 is 3.03 bits per heavy atom. The molecule has 1 aromatic carbocycles. The number of nitrogens with zero attached hydrogens (tertiary/aromatic N) is 3. The maximum atomic E-state index is 6.09. The summed E-state index contributed by atoms with van der Waals surface area (Å²) in [5.41, 5.74) is 2.24. The first-order valence-corrected chi connectivity index (χ1v) is 10.9. The number of hydrogen-bond donors (Lipinski definition) is 3. The summed E-state index contributed by atoms with van der Waals surface area (Å²) in [6, 6.07) is 9.90. The van der Waals surface area contributed by atoms with Crippen molar-refractivity contribution in [1.29, 1.82) is 0 Å². The largest absolute Gasteiger partial charge is 0.491 e. The first-order chi connectivity index (χ1) is 15.7. The maximum absolute atomic E-state index is 6.09. The molecule has 4 rings (SSSR count). The van der Waals surface area contributed by atoms with E-state index in [1.165, 1.54) is 5.56 Å². The molecule has 0 aliphatic carbocycles. The second-order valence-corrected chi connectivity index (χ2v) is 7.74. The molecule has 3 heterocycles. The summed E-state index contributed by atoms with van der Waals surface area (Å²) in [5, 5.41) is 13.8. The summed E-state index contributed by atoms with van der Waals surface area (Å²) >= 11 is 0. The summed E-state index contributed by atoms with van der Waals surface area (Å²) in [4.78, 5) is 8.76. The molecule has 0 spiro atoms. The zero-order valence-electron chi connectivity index (χ0n) is 18.6. The Bertz CT molecular complexity index is 1010. The first kappa shape index (κ1) is 21.9. The smallest absolute Gasteiger partial charge is 0.216 e. The number of H-pyrrole nitrogens is 1. The molecule has 1 saturated heterocycles. The molecule has 1 fully saturated rings. The average Bonchev–Trinajstić information content (AvgIpc) is 3.58. The number of aromatic nitrogens is 3. The van der Waals surface area contributed by atoms with Crippen molar-refractivity contribution in [3.8, 4) is 17.3 Å². The number of aromatic amines is 1. The first-order valence-electron chi connectivity index (χ1n) is 10.9. The standard InChI is InChI=1S/C23H30N6O3/c1-16-7-8-17(20(13-16)32-15-18-5-3-11-30-18)14-26-23(24-2)25-10-9-21-27-22(29-28-21)19-6-4-12-31-19/h4,6-8,12-13,18H,3,5,9-11,14-15H2,1-2H3,(H2,24,25,26)(H,27,28,29). The Kier molecular flexibility index (Phi) is 7.39. The highest BCUT2D eigenvalue weighted by molar-refractivity contribution is 5.79. The quantitative estimate of drug-likeness (QED) is 0.348. The molecule has 0 bridgehead atoms. The van der Waals surface area contributed by atoms with Gasteiger partial charge in [0.25, 0.3) is 0 Å². The molecular formula is C23H30N6O3. The van der Waals surface area contributed by atoms with Crippen molar-refractivity contribution in [2.75, 3.05) is 26.8 Å². The van der Waals surface area contributed by atoms with E-state index in [4.69, 9.17) is 13.9 Å². The van der Waals surface area contributed by atoms with Crippen molar-refractivity contribution in [2.45, 2.75) is 38.8 Å². The summed E-state index contributed by atoms with van der Waals surface area (Å²) < 4.78 is 17.1. The second-order valence-electron chi connectivity index (χ2n) is 7.74. The van der Waals surface area contributed by atoms with Gasteiger partial charge in [0.2, 0.25) is 5.82 Å². The fourth-order valence-corrected chi connectivity index (χ4v) is 3.52. The molecule has 9 nitrogen and oxygen atoms in total. The lowest BCUT2D eigenvalue weighted by atomic mass is 10.1. The zero-order chi connectivity index (χ0) is 22.2. The van der Waals surface area contributed by atoms with Crippen molar-refractivity contribution < 1.29 is 13.9 Å². The number of hydrogen-bond acceptors (Lipinski definition) is 6. The Labute approximate surface area is 187 Å². The zero-order valence-corrected chi connectivity index (χ0v) is 18.6. The summed E-state index contributed by atoms with van der Waals surface area (Å²) in [5.74, 6) is 3.58. The van der Waals surface area contributed by atoms with E-state index in [0.29, 0.717) is 43.7 Å². The number of ether oxygens (including phenoxy) is 2. The van der Waals surface area contributed by atoms with Crippen LogP contribution in [0.4, 0.5) is 0 Å². The summed E-state index contributed by atoms with van der Waals surface area (Å²) in [7, 11) is 1.75. The topological polar surface area (TPSA) is 110 Å². The molecule has 0 radical (unpaired) electrons. The number of aliphatic imine (C=N–C) groups is 1. The summed E-state index contributed by atoms with van der Waals surface area (Å²) in [6.45, 7) is 4.74. The third kappa shape index (κ3) is 5.88. The third-order valence-corrected chi connectivity index (χ3v) is 5.27. The van der Waals surface area contributed by atoms with Gasteiger partial charge in [-0.2, -0.15) is 5.10 Å². The van der Waals surface area contributed by atoms with Crippen molar-refractivity contribution in [3.63, 3.8) is 0 Å². The molecule has 1 unspecified atom stereocenters. The fraction of sp³-hybridized carbons (Fsp3) is 0.435. The monoisotopic (exact) mass is 438 g/mol. The molecule has 1 aliphatic heterocycles. The van der Waals surface area contributed by atoms with Crippen molar-refractivity contribution in [3.05, 3.63) is 53.5 Å². The molecule has 9 heteroatoms. The molecule has 32 heavy (non-hydrogen) atoms. The Balaban J connectivity index is 1.26. The van der Waals surface area contributed by atoms with E-state index >= 15 is 0 Å². The molecule has 3 aromatic rings. The molecule has 0 saturated carbocycles. The van der Waals surface area contributed by atoms with Gasteiger partial charge in [0.15, 0.2) is 11.7 Å². The number of benzene rings is 1. The number of rotatable bonds is 9. The van der Waals surface area contributed by atoms with Crippen LogP contribution < -0.4 is 15.4 Å². The maximum Gasteiger partial charge on any atom is 0.216 e. The Hall–Kier alpha value is -3.33. The van der Waals surface area contributed by atoms with E-state index in [0.717, 1.165) is 36.6 Å². The van der Waals surface area contributed by atoms with Gasteiger partial charge in [-0.25, -0.2) is 4.98 Å². The van der Waals surface area contributed by atoms with Crippen LogP contribution in [0.2, 0.25) is 0 Å². The van der Waals surface area contributed by atoms with Crippen LogP contribution in [-0.4, -0.2) is 54.1 Å². The van der Waals surface area contributed by atoms with Crippen LogP contribution in [0, 0.1) is 6.92 Å². The lowest BCUT2D eigenvalue weighted by molar-refractivity contribution is 0.0676. The second kappa shape index (κ2) is 10.8. The van der Waals surface area contributed by atoms with Crippen molar-refractivity contribution in [1.82, 2.24) is 25.8 Å². The van der Waals surface area contributed by atoms with Gasteiger partial charge in [-0.15, -0.1) is 0 Å². The van der Waals surface area contributed by atoms with Crippen LogP contribution in [-0.2, 0) is 17.7 Å². The summed E-state index contributed by atoms with van der Waals surface area (Å²) in [6.07, 6.45) is 4.64. The van der Waals surface area contributed by atoms with Crippen LogP contribution in [0.15, 0.2) is 46.0 Å². The molecule has 3 N–H and O–H groups in total. The molecular weight excluding hydrogens is 408 g/mol. The van der Waals surface area contributed by atoms with E-state index in [1.807, 2.05) is 12.1 Å². The highest BCUT2D eigenvalue weighted by Crippen LogP contribution is 2.22. The van der Waals surface area contributed by atoms with E-state index in [1.54, 1.807) is 13.3 Å². The predicted octanol–water partition coefficient (Wildman–Crippen LogP) is 2.84. The molecule has 1 atom stereocenters. The van der Waals surface area contributed by atoms with Gasteiger partial charge in [-0.3, -0.25) is 10.1 Å². The van der Waals surface area contributed by atoms with Crippen LogP contribution >= 0.6 is 0 Å². The minimum atomic E-state index is 0.190. The number of furan rings is 1. The minimum absolute atomic E-state index is 0.190. The number of guanidine groups is 1. The molecule has 2 aromatic heterocycles. The van der Waals surface area contributed by atoms with Crippen LogP contribution in [0.3, 0.4) is 0 Å². The molecule has 170 valence electrons. The SMILES string of the molecule is CN=C(NCCc1nc(-c2ccco2)n[nH]1)NCc1ccc(C)cc1OCC1CCCO1. The molecule has 1 aliphatic rings. The minimum Gasteiger partial charge on any atom is -0.491 e. The van der Waals surface area contributed by atoms with Crippen LogP contribution in [0.5, 0.6) is 5.75 Å². The van der Waals surface area contributed by atoms with Gasteiger partial charge < -0.3 is 24.5 Å². The van der Waals surface area contributed by atoms with Gasteiger partial charge in [0.1, 0.15) is 18.2 Å². The predicted molar refractivity (Wildman–Crippen MR) is 122 cm³/mol. The number of nitrogens with one attached hydrogen (secondary N) is 3. The highest BCUT2D eigenvalue weighted by Gasteiger charge is 2.17. The van der Waals surface area contributed by atoms with Gasteiger partial charge >= 0.3 is 0 Å². The van der Waals surface area contributed by atoms with Gasteiger partial charge in [-0.1, -0.05) is 12.1 Å². The highest BCUT2D eigenvalue weighted by atomic mass is 16.5. The normalized spacial score (nSPS) is 16.3. The van der Waals surface area contributed by atoms with E-state index in [2.05, 4.69) is 55.9 Å². The average molecular weight is 439 g/mol. The van der Waals surface area contributed by atoms with Crippen LogP contribution in [0.1, 0.15) is 29.8 Å². The lowest BCUT2D eigenvalue weighted by Crippen LogP contribution is -2.38. The van der Waals surface area contributed by atoms with Gasteiger partial charge in [0, 0.05) is 38.7 Å². The fourth-order valence-electron chi connectivity index (χ4n) is 3.52. The lowest BCUT2D eigenvalue weighted by Gasteiger charge is -2.17. The Morgan fingerprint density at radius 2 is 2.25 bits per heavy atom. The number of aryl methyl sites for hydroxylation is 1. The van der Waals surface area contributed by atoms with E-state index in [-0.39, 0.29) is 6.10 Å². The molecule has 0 amide bonds. The van der Waals surface area contributed by atoms with E-state index < -0.39 is 0 Å². The van der Waals surface area contributed by atoms with Crippen molar-refractivity contribution in [2.24, 2.45) is 4.99 Å². The van der Waals surface area contributed by atoms with Gasteiger partial charge in [-0.05, 0) is 43.5 Å². The van der Waals surface area contributed by atoms with E-state index in [9.17, 15) is 0 Å². The Morgan fingerprint density at radius 1 is 1.31 bits per heavy atom. The third-order valence-electron chi connectivity index (χ3n) is 5.27.